The van der Waals surface area contributed by atoms with Crippen LogP contribution in [-0.2, 0) is 6.54 Å². The zero-order chi connectivity index (χ0) is 14.8. The largest absolute Gasteiger partial charge is 0.350 e. The molecule has 2 aromatic heterocycles. The second-order valence-electron chi connectivity index (χ2n) is 5.79. The van der Waals surface area contributed by atoms with Gasteiger partial charge >= 0.3 is 0 Å². The lowest BCUT2D eigenvalue weighted by Gasteiger charge is -2.36. The van der Waals surface area contributed by atoms with E-state index in [2.05, 4.69) is 15.0 Å². The average Bonchev–Trinajstić information content (AvgIpc) is 3.08. The van der Waals surface area contributed by atoms with E-state index in [0.29, 0.717) is 6.04 Å². The molecule has 0 N–H and O–H groups in total. The second-order valence-corrected chi connectivity index (χ2v) is 5.79. The van der Waals surface area contributed by atoms with Crippen molar-refractivity contribution in [3.8, 4) is 0 Å². The first-order valence-electron chi connectivity index (χ1n) is 7.86. The topological polar surface area (TPSA) is 46.8 Å². The zero-order valence-electron chi connectivity index (χ0n) is 12.5. The van der Waals surface area contributed by atoms with Crippen molar-refractivity contribution in [2.24, 2.45) is 0 Å². The molecule has 5 nitrogen and oxygen atoms in total. The Balaban J connectivity index is 1.64. The summed E-state index contributed by atoms with van der Waals surface area (Å²) >= 11 is 0. The van der Waals surface area contributed by atoms with E-state index in [-0.39, 0.29) is 0 Å². The first-order chi connectivity index (χ1) is 10.9. The van der Waals surface area contributed by atoms with Gasteiger partial charge in [0, 0.05) is 18.9 Å². The molecule has 5 heteroatoms. The van der Waals surface area contributed by atoms with Gasteiger partial charge in [-0.25, -0.2) is 4.98 Å². The lowest BCUT2D eigenvalue weighted by atomic mass is 10.0. The van der Waals surface area contributed by atoms with Crippen molar-refractivity contribution in [3.05, 3.63) is 48.9 Å². The Bertz CT molecular complexity index is 753. The van der Waals surface area contributed by atoms with E-state index in [1.54, 1.807) is 0 Å². The van der Waals surface area contributed by atoms with Crippen LogP contribution in [0.15, 0.2) is 48.9 Å². The molecule has 1 aliphatic heterocycles. The van der Waals surface area contributed by atoms with E-state index in [1.807, 2.05) is 53.6 Å². The molecule has 4 rings (SSSR count). The summed E-state index contributed by atoms with van der Waals surface area (Å²) in [5.41, 5.74) is 1.91. The van der Waals surface area contributed by atoms with Gasteiger partial charge in [-0.1, -0.05) is 12.1 Å². The number of aromatic nitrogens is 4. The van der Waals surface area contributed by atoms with Gasteiger partial charge < -0.3 is 4.90 Å². The lowest BCUT2D eigenvalue weighted by molar-refractivity contribution is 0.396. The van der Waals surface area contributed by atoms with Crippen molar-refractivity contribution in [1.82, 2.24) is 19.7 Å². The Kier molecular flexibility index (Phi) is 3.46. The molecule has 3 heterocycles. The fourth-order valence-corrected chi connectivity index (χ4v) is 3.20. The van der Waals surface area contributed by atoms with Gasteiger partial charge in [-0.2, -0.15) is 5.10 Å². The number of rotatable bonds is 3. The first kappa shape index (κ1) is 13.2. The van der Waals surface area contributed by atoms with Gasteiger partial charge in [0.15, 0.2) is 0 Å². The summed E-state index contributed by atoms with van der Waals surface area (Å²) in [7, 11) is 0. The molecular formula is C17H19N5. The molecule has 0 saturated carbocycles. The van der Waals surface area contributed by atoms with Crippen LogP contribution in [0, 0.1) is 0 Å². The number of para-hydroxylation sites is 2. The molecule has 22 heavy (non-hydrogen) atoms. The maximum atomic E-state index is 4.81. The van der Waals surface area contributed by atoms with Crippen molar-refractivity contribution in [2.45, 2.75) is 31.8 Å². The highest BCUT2D eigenvalue weighted by Crippen LogP contribution is 2.25. The molecule has 1 atom stereocenters. The molecule has 0 unspecified atom stereocenters. The van der Waals surface area contributed by atoms with Crippen LogP contribution in [0.25, 0.3) is 11.0 Å². The first-order valence-corrected chi connectivity index (χ1v) is 7.86. The lowest BCUT2D eigenvalue weighted by Crippen LogP contribution is -2.42. The van der Waals surface area contributed by atoms with E-state index in [0.717, 1.165) is 29.9 Å². The van der Waals surface area contributed by atoms with Crippen LogP contribution in [0.5, 0.6) is 0 Å². The number of fused-ring (bicyclic) bond motifs is 1. The normalized spacial score (nSPS) is 18.7. The number of benzene rings is 1. The van der Waals surface area contributed by atoms with E-state index in [1.165, 1.54) is 19.3 Å². The molecule has 0 spiro atoms. The molecule has 1 aliphatic rings. The van der Waals surface area contributed by atoms with Crippen molar-refractivity contribution in [3.63, 3.8) is 0 Å². The van der Waals surface area contributed by atoms with E-state index in [9.17, 15) is 0 Å². The van der Waals surface area contributed by atoms with E-state index in [4.69, 9.17) is 4.98 Å². The van der Waals surface area contributed by atoms with Gasteiger partial charge in [-0.05, 0) is 37.5 Å². The van der Waals surface area contributed by atoms with Crippen LogP contribution >= 0.6 is 0 Å². The van der Waals surface area contributed by atoms with Crippen molar-refractivity contribution in [2.75, 3.05) is 11.4 Å². The van der Waals surface area contributed by atoms with Crippen molar-refractivity contribution in [1.29, 1.82) is 0 Å². The summed E-state index contributed by atoms with van der Waals surface area (Å²) in [6.45, 7) is 1.94. The van der Waals surface area contributed by atoms with Gasteiger partial charge in [0.1, 0.15) is 5.82 Å². The minimum absolute atomic E-state index is 0.434. The van der Waals surface area contributed by atoms with Crippen LogP contribution in [0.4, 0.5) is 5.82 Å². The fraction of sp³-hybridized carbons (Fsp3) is 0.353. The fourth-order valence-electron chi connectivity index (χ4n) is 3.20. The predicted octanol–water partition coefficient (Wildman–Crippen LogP) is 2.89. The number of nitrogens with zero attached hydrogens (tertiary/aromatic N) is 5. The maximum Gasteiger partial charge on any atom is 0.148 e. The van der Waals surface area contributed by atoms with Gasteiger partial charge in [-0.15, -0.1) is 0 Å². The summed E-state index contributed by atoms with van der Waals surface area (Å²) in [4.78, 5) is 11.8. The third kappa shape index (κ3) is 2.54. The molecule has 0 aliphatic carbocycles. The molecular weight excluding hydrogens is 274 g/mol. The molecule has 1 fully saturated rings. The second kappa shape index (κ2) is 5.75. The van der Waals surface area contributed by atoms with Crippen molar-refractivity contribution >= 4 is 16.9 Å². The van der Waals surface area contributed by atoms with Crippen LogP contribution in [-0.4, -0.2) is 32.3 Å². The smallest absolute Gasteiger partial charge is 0.148 e. The number of piperidine rings is 1. The standard InChI is InChI=1S/C17H19N5/c1-2-8-16-15(7-1)18-12-17(20-16)22-11-4-3-6-14(22)13-21-10-5-9-19-21/h1-2,5,7-10,12,14H,3-4,6,11,13H2/t14-/m0/s1. The maximum absolute atomic E-state index is 4.81. The molecule has 1 aromatic carbocycles. The Hall–Kier alpha value is -2.43. The van der Waals surface area contributed by atoms with Gasteiger partial charge in [0.2, 0.25) is 0 Å². The average molecular weight is 293 g/mol. The third-order valence-corrected chi connectivity index (χ3v) is 4.31. The van der Waals surface area contributed by atoms with Crippen LogP contribution in [0.2, 0.25) is 0 Å². The zero-order valence-corrected chi connectivity index (χ0v) is 12.5. The van der Waals surface area contributed by atoms with Gasteiger partial charge in [0.05, 0.1) is 29.8 Å². The predicted molar refractivity (Wildman–Crippen MR) is 86.8 cm³/mol. The summed E-state index contributed by atoms with van der Waals surface area (Å²) in [6, 6.07) is 10.4. The highest BCUT2D eigenvalue weighted by molar-refractivity contribution is 5.75. The molecule has 0 radical (unpaired) electrons. The Labute approximate surface area is 129 Å². The van der Waals surface area contributed by atoms with E-state index >= 15 is 0 Å². The van der Waals surface area contributed by atoms with Crippen LogP contribution in [0.1, 0.15) is 19.3 Å². The third-order valence-electron chi connectivity index (χ3n) is 4.31. The minimum atomic E-state index is 0.434. The summed E-state index contributed by atoms with van der Waals surface area (Å²) in [6.07, 6.45) is 9.42. The molecule has 0 amide bonds. The highest BCUT2D eigenvalue weighted by atomic mass is 15.3. The molecule has 112 valence electrons. The van der Waals surface area contributed by atoms with Crippen molar-refractivity contribution < 1.29 is 0 Å². The Morgan fingerprint density at radius 2 is 2.00 bits per heavy atom. The quantitative estimate of drug-likeness (QED) is 0.745. The van der Waals surface area contributed by atoms with Gasteiger partial charge in [0.25, 0.3) is 0 Å². The molecule has 1 saturated heterocycles. The summed E-state index contributed by atoms with van der Waals surface area (Å²) in [5.74, 6) is 0.982. The number of anilines is 1. The van der Waals surface area contributed by atoms with E-state index < -0.39 is 0 Å². The number of hydrogen-bond acceptors (Lipinski definition) is 4. The Morgan fingerprint density at radius 3 is 2.86 bits per heavy atom. The minimum Gasteiger partial charge on any atom is -0.350 e. The monoisotopic (exact) mass is 293 g/mol. The Morgan fingerprint density at radius 1 is 1.09 bits per heavy atom. The SMILES string of the molecule is c1ccc2nc(N3CCCC[C@H]3Cn3cccn3)cnc2c1. The summed E-state index contributed by atoms with van der Waals surface area (Å²) < 4.78 is 2.01. The van der Waals surface area contributed by atoms with Crippen LogP contribution in [0.3, 0.4) is 0 Å². The van der Waals surface area contributed by atoms with Gasteiger partial charge in [-0.3, -0.25) is 9.67 Å². The summed E-state index contributed by atoms with van der Waals surface area (Å²) in [5, 5.41) is 4.34. The van der Waals surface area contributed by atoms with Crippen LogP contribution < -0.4 is 4.90 Å². The molecule has 0 bridgehead atoms. The number of hydrogen-bond donors (Lipinski definition) is 0. The molecule has 3 aromatic rings. The highest BCUT2D eigenvalue weighted by Gasteiger charge is 2.24.